The van der Waals surface area contributed by atoms with Crippen LogP contribution in [0.4, 0.5) is 5.69 Å². The molecule has 2 amide bonds. The minimum atomic E-state index is -0.539. The van der Waals surface area contributed by atoms with Crippen molar-refractivity contribution < 1.29 is 14.0 Å². The fourth-order valence-corrected chi connectivity index (χ4v) is 6.05. The van der Waals surface area contributed by atoms with E-state index >= 15 is 0 Å². The van der Waals surface area contributed by atoms with Crippen LogP contribution in [0.5, 0.6) is 0 Å². The van der Waals surface area contributed by atoms with Crippen LogP contribution in [0.3, 0.4) is 0 Å². The van der Waals surface area contributed by atoms with Crippen LogP contribution in [-0.2, 0) is 22.7 Å². The number of carbonyl (C=O) groups excluding carboxylic acids is 2. The van der Waals surface area contributed by atoms with E-state index in [-0.39, 0.29) is 23.8 Å². The zero-order valence-electron chi connectivity index (χ0n) is 24.0. The van der Waals surface area contributed by atoms with Crippen molar-refractivity contribution in [2.75, 3.05) is 31.1 Å². The molecule has 1 N–H and O–H groups in total. The molecule has 2 atom stereocenters. The molecule has 2 unspecified atom stereocenters. The summed E-state index contributed by atoms with van der Waals surface area (Å²) < 4.78 is 5.48. The number of benzene rings is 2. The lowest BCUT2D eigenvalue weighted by Gasteiger charge is -2.46. The molecule has 212 valence electrons. The topological polar surface area (TPSA) is 69.0 Å². The summed E-state index contributed by atoms with van der Waals surface area (Å²) in [5.41, 5.74) is 4.59. The van der Waals surface area contributed by atoms with Crippen molar-refractivity contribution in [1.29, 1.82) is 0 Å². The van der Waals surface area contributed by atoms with Crippen molar-refractivity contribution in [3.8, 4) is 11.3 Å². The molecule has 7 heteroatoms. The molecule has 5 rings (SSSR count). The molecule has 2 fully saturated rings. The Hall–Kier alpha value is -3.58. The monoisotopic (exact) mass is 542 g/mol. The third-order valence-electron chi connectivity index (χ3n) is 8.12. The Kier molecular flexibility index (Phi) is 8.90. The summed E-state index contributed by atoms with van der Waals surface area (Å²) in [6.45, 7) is 10.5. The second kappa shape index (κ2) is 12.7. The van der Waals surface area contributed by atoms with Crippen LogP contribution in [0.25, 0.3) is 11.3 Å². The SMILES string of the molecule is CC(C)C(=O)N1C(C)CN(Cc2ccccc2N2CCCCC2)CC1C(=O)NCc1ccc(-c2ccco2)cc1. The first kappa shape index (κ1) is 28.0. The minimum Gasteiger partial charge on any atom is -0.464 e. The van der Waals surface area contributed by atoms with Gasteiger partial charge in [0.25, 0.3) is 0 Å². The maximum atomic E-state index is 13.7. The molecule has 7 nitrogen and oxygen atoms in total. The van der Waals surface area contributed by atoms with Crippen LogP contribution in [0.1, 0.15) is 51.2 Å². The van der Waals surface area contributed by atoms with Gasteiger partial charge in [0.2, 0.25) is 11.8 Å². The van der Waals surface area contributed by atoms with Crippen molar-refractivity contribution >= 4 is 17.5 Å². The van der Waals surface area contributed by atoms with Crippen molar-refractivity contribution in [3.05, 3.63) is 78.1 Å². The van der Waals surface area contributed by atoms with E-state index in [0.29, 0.717) is 13.1 Å². The van der Waals surface area contributed by atoms with E-state index in [2.05, 4.69) is 46.3 Å². The summed E-state index contributed by atoms with van der Waals surface area (Å²) in [4.78, 5) is 33.6. The number of anilines is 1. The molecule has 1 aromatic heterocycles. The van der Waals surface area contributed by atoms with Gasteiger partial charge in [-0.05, 0) is 55.5 Å². The molecule has 40 heavy (non-hydrogen) atoms. The lowest BCUT2D eigenvalue weighted by atomic mass is 10.0. The summed E-state index contributed by atoms with van der Waals surface area (Å²) in [6.07, 6.45) is 5.42. The van der Waals surface area contributed by atoms with E-state index < -0.39 is 6.04 Å². The number of piperazine rings is 1. The van der Waals surface area contributed by atoms with Gasteiger partial charge in [-0.1, -0.05) is 56.3 Å². The van der Waals surface area contributed by atoms with E-state index in [1.54, 1.807) is 6.26 Å². The first-order chi connectivity index (χ1) is 19.4. The highest BCUT2D eigenvalue weighted by Gasteiger charge is 2.40. The van der Waals surface area contributed by atoms with Gasteiger partial charge in [0.1, 0.15) is 11.8 Å². The number of furan rings is 1. The minimum absolute atomic E-state index is 0.0313. The molecular formula is C33H42N4O3. The molecule has 2 aliphatic heterocycles. The summed E-state index contributed by atoms with van der Waals surface area (Å²) in [5, 5.41) is 3.12. The van der Waals surface area contributed by atoms with E-state index in [4.69, 9.17) is 4.42 Å². The smallest absolute Gasteiger partial charge is 0.244 e. The molecule has 2 aromatic carbocycles. The fourth-order valence-electron chi connectivity index (χ4n) is 6.05. The number of nitrogens with one attached hydrogen (secondary N) is 1. The Morgan fingerprint density at radius 2 is 1.70 bits per heavy atom. The molecule has 0 spiro atoms. The van der Waals surface area contributed by atoms with Gasteiger partial charge in [0.15, 0.2) is 0 Å². The van der Waals surface area contributed by atoms with E-state index in [1.165, 1.54) is 30.5 Å². The zero-order valence-corrected chi connectivity index (χ0v) is 24.0. The highest BCUT2D eigenvalue weighted by atomic mass is 16.3. The summed E-state index contributed by atoms with van der Waals surface area (Å²) in [6, 6.07) is 19.9. The molecule has 0 radical (unpaired) electrons. The van der Waals surface area contributed by atoms with E-state index in [9.17, 15) is 9.59 Å². The lowest BCUT2D eigenvalue weighted by molar-refractivity contribution is -0.150. The average molecular weight is 543 g/mol. The van der Waals surface area contributed by atoms with Gasteiger partial charge < -0.3 is 19.5 Å². The number of rotatable bonds is 8. The van der Waals surface area contributed by atoms with Gasteiger partial charge in [-0.2, -0.15) is 0 Å². The first-order valence-corrected chi connectivity index (χ1v) is 14.7. The zero-order chi connectivity index (χ0) is 28.1. The Bertz CT molecular complexity index is 1270. The third kappa shape index (κ3) is 6.41. The number of nitrogens with zero attached hydrogens (tertiary/aromatic N) is 3. The summed E-state index contributed by atoms with van der Waals surface area (Å²) in [7, 11) is 0. The number of carbonyl (C=O) groups is 2. The van der Waals surface area contributed by atoms with Crippen LogP contribution >= 0.6 is 0 Å². The van der Waals surface area contributed by atoms with E-state index in [1.807, 2.05) is 55.1 Å². The van der Waals surface area contributed by atoms with Gasteiger partial charge in [0.05, 0.1) is 6.26 Å². The molecular weight excluding hydrogens is 500 g/mol. The largest absolute Gasteiger partial charge is 0.464 e. The molecule has 2 aliphatic rings. The second-order valence-electron chi connectivity index (χ2n) is 11.5. The van der Waals surface area contributed by atoms with Gasteiger partial charge >= 0.3 is 0 Å². The number of para-hydroxylation sites is 1. The van der Waals surface area contributed by atoms with Crippen LogP contribution in [0.2, 0.25) is 0 Å². The standard InChI is InChI=1S/C33H42N4O3/c1-24(2)33(39)37-25(3)21-35(22-28-10-5-6-11-29(28)36-17-7-4-8-18-36)23-30(37)32(38)34-20-26-13-15-27(16-14-26)31-12-9-19-40-31/h5-6,9-16,19,24-25,30H,4,7-8,17-18,20-23H2,1-3H3,(H,34,38). The van der Waals surface area contributed by atoms with Crippen LogP contribution in [-0.4, -0.2) is 59.9 Å². The molecule has 3 aromatic rings. The third-order valence-corrected chi connectivity index (χ3v) is 8.12. The molecule has 0 bridgehead atoms. The second-order valence-corrected chi connectivity index (χ2v) is 11.5. The normalized spacial score (nSPS) is 20.1. The number of hydrogen-bond donors (Lipinski definition) is 1. The maximum Gasteiger partial charge on any atom is 0.244 e. The number of hydrogen-bond acceptors (Lipinski definition) is 5. The predicted molar refractivity (Wildman–Crippen MR) is 159 cm³/mol. The van der Waals surface area contributed by atoms with Crippen molar-refractivity contribution in [3.63, 3.8) is 0 Å². The highest BCUT2D eigenvalue weighted by molar-refractivity contribution is 5.89. The maximum absolute atomic E-state index is 13.7. The van der Waals surface area contributed by atoms with Crippen LogP contribution in [0.15, 0.2) is 71.3 Å². The van der Waals surface area contributed by atoms with Gasteiger partial charge in [0, 0.05) is 62.5 Å². The van der Waals surface area contributed by atoms with E-state index in [0.717, 1.165) is 43.1 Å². The lowest BCUT2D eigenvalue weighted by Crippen LogP contribution is -2.64. The first-order valence-electron chi connectivity index (χ1n) is 14.7. The van der Waals surface area contributed by atoms with Crippen molar-refractivity contribution in [1.82, 2.24) is 15.1 Å². The number of piperidine rings is 1. The van der Waals surface area contributed by atoms with Gasteiger partial charge in [-0.25, -0.2) is 0 Å². The van der Waals surface area contributed by atoms with Crippen molar-refractivity contribution in [2.24, 2.45) is 5.92 Å². The van der Waals surface area contributed by atoms with Crippen molar-refractivity contribution in [2.45, 2.75) is 65.2 Å². The molecule has 0 aliphatic carbocycles. The summed E-state index contributed by atoms with van der Waals surface area (Å²) >= 11 is 0. The average Bonchev–Trinajstić information content (AvgIpc) is 3.51. The molecule has 3 heterocycles. The van der Waals surface area contributed by atoms with Gasteiger partial charge in [-0.3, -0.25) is 14.5 Å². The highest BCUT2D eigenvalue weighted by Crippen LogP contribution is 2.28. The Labute approximate surface area is 238 Å². The quantitative estimate of drug-likeness (QED) is 0.418. The predicted octanol–water partition coefficient (Wildman–Crippen LogP) is 5.31. The summed E-state index contributed by atoms with van der Waals surface area (Å²) in [5.74, 6) is 0.573. The number of amides is 2. The fraction of sp³-hybridized carbons (Fsp3) is 0.455. The Morgan fingerprint density at radius 1 is 0.950 bits per heavy atom. The Balaban J connectivity index is 1.29. The molecule has 2 saturated heterocycles. The van der Waals surface area contributed by atoms with Gasteiger partial charge in [-0.15, -0.1) is 0 Å². The van der Waals surface area contributed by atoms with Crippen LogP contribution in [0, 0.1) is 5.92 Å². The Morgan fingerprint density at radius 3 is 2.40 bits per heavy atom. The molecule has 0 saturated carbocycles. The van der Waals surface area contributed by atoms with Crippen LogP contribution < -0.4 is 10.2 Å².